The highest BCUT2D eigenvalue weighted by molar-refractivity contribution is 9.10. The van der Waals surface area contributed by atoms with E-state index >= 15 is 0 Å². The van der Waals surface area contributed by atoms with E-state index in [1.165, 1.54) is 6.92 Å². The quantitative estimate of drug-likeness (QED) is 0.907. The highest BCUT2D eigenvalue weighted by Gasteiger charge is 2.13. The van der Waals surface area contributed by atoms with Crippen molar-refractivity contribution >= 4 is 21.9 Å². The van der Waals surface area contributed by atoms with Crippen LogP contribution in [0.3, 0.4) is 0 Å². The summed E-state index contributed by atoms with van der Waals surface area (Å²) in [5, 5.41) is 8.65. The molecule has 0 amide bonds. The van der Waals surface area contributed by atoms with Crippen LogP contribution in [0.1, 0.15) is 12.5 Å². The van der Waals surface area contributed by atoms with Gasteiger partial charge < -0.3 is 9.84 Å². The third-order valence-electron chi connectivity index (χ3n) is 1.79. The number of ether oxygens (including phenoxy) is 1. The molecule has 1 aromatic carbocycles. The van der Waals surface area contributed by atoms with Crippen LogP contribution in [0.4, 0.5) is 0 Å². The molecule has 0 radical (unpaired) electrons. The molecular weight excluding hydrogens is 248 g/mol. The summed E-state index contributed by atoms with van der Waals surface area (Å²) in [6.45, 7) is 3.37. The van der Waals surface area contributed by atoms with Crippen molar-refractivity contribution in [3.05, 3.63) is 28.2 Å². The predicted octanol–water partition coefficient (Wildman–Crippen LogP) is 2.61. The molecule has 1 aromatic rings. The Morgan fingerprint density at radius 2 is 2.21 bits per heavy atom. The maximum absolute atomic E-state index is 10.5. The third-order valence-corrected chi connectivity index (χ3v) is 2.28. The van der Waals surface area contributed by atoms with Gasteiger partial charge in [-0.25, -0.2) is 4.79 Å². The van der Waals surface area contributed by atoms with Crippen molar-refractivity contribution < 1.29 is 14.6 Å². The normalized spacial score (nSPS) is 12.2. The Labute approximate surface area is 90.8 Å². The van der Waals surface area contributed by atoms with Gasteiger partial charge in [0.15, 0.2) is 6.10 Å². The van der Waals surface area contributed by atoms with Crippen LogP contribution < -0.4 is 4.74 Å². The number of hydrogen-bond donors (Lipinski definition) is 1. The molecule has 0 spiro atoms. The first-order valence-corrected chi connectivity index (χ1v) is 4.95. The Kier molecular flexibility index (Phi) is 3.52. The monoisotopic (exact) mass is 258 g/mol. The van der Waals surface area contributed by atoms with E-state index in [-0.39, 0.29) is 0 Å². The molecule has 0 saturated heterocycles. The minimum Gasteiger partial charge on any atom is -0.479 e. The highest BCUT2D eigenvalue weighted by Crippen LogP contribution is 2.23. The lowest BCUT2D eigenvalue weighted by Crippen LogP contribution is -2.23. The first-order valence-electron chi connectivity index (χ1n) is 4.16. The maximum atomic E-state index is 10.5. The van der Waals surface area contributed by atoms with Crippen molar-refractivity contribution in [2.75, 3.05) is 0 Å². The van der Waals surface area contributed by atoms with Crippen molar-refractivity contribution in [3.63, 3.8) is 0 Å². The third kappa shape index (κ3) is 2.73. The van der Waals surface area contributed by atoms with Gasteiger partial charge in [-0.1, -0.05) is 15.9 Å². The van der Waals surface area contributed by atoms with E-state index in [1.54, 1.807) is 6.07 Å². The van der Waals surface area contributed by atoms with Gasteiger partial charge in [-0.05, 0) is 37.6 Å². The molecule has 14 heavy (non-hydrogen) atoms. The minimum absolute atomic E-state index is 0.600. The molecule has 1 N–H and O–H groups in total. The molecule has 1 rings (SSSR count). The number of hydrogen-bond acceptors (Lipinski definition) is 2. The molecule has 0 aliphatic rings. The first-order chi connectivity index (χ1) is 6.50. The maximum Gasteiger partial charge on any atom is 0.344 e. The Morgan fingerprint density at radius 3 is 2.71 bits per heavy atom. The largest absolute Gasteiger partial charge is 0.479 e. The van der Waals surface area contributed by atoms with E-state index in [1.807, 2.05) is 19.1 Å². The van der Waals surface area contributed by atoms with Crippen molar-refractivity contribution in [3.8, 4) is 5.75 Å². The lowest BCUT2D eigenvalue weighted by atomic mass is 10.2. The summed E-state index contributed by atoms with van der Waals surface area (Å²) in [5.41, 5.74) is 0.910. The fraction of sp³-hybridized carbons (Fsp3) is 0.300. The number of aryl methyl sites for hydroxylation is 1. The number of benzene rings is 1. The average molecular weight is 259 g/mol. The van der Waals surface area contributed by atoms with E-state index < -0.39 is 12.1 Å². The molecule has 1 atom stereocenters. The van der Waals surface area contributed by atoms with Gasteiger partial charge >= 0.3 is 5.97 Å². The minimum atomic E-state index is -0.965. The molecule has 76 valence electrons. The fourth-order valence-corrected chi connectivity index (χ4v) is 1.46. The molecule has 0 aliphatic carbocycles. The second-order valence-corrected chi connectivity index (χ2v) is 3.92. The van der Waals surface area contributed by atoms with Gasteiger partial charge in [0.05, 0.1) is 0 Å². The van der Waals surface area contributed by atoms with Gasteiger partial charge in [0.1, 0.15) is 5.75 Å². The zero-order chi connectivity index (χ0) is 10.7. The summed E-state index contributed by atoms with van der Waals surface area (Å²) in [5.74, 6) is -0.365. The zero-order valence-corrected chi connectivity index (χ0v) is 9.54. The van der Waals surface area contributed by atoms with E-state index in [4.69, 9.17) is 9.84 Å². The molecule has 3 nitrogen and oxygen atoms in total. The van der Waals surface area contributed by atoms with Crippen LogP contribution in [0.5, 0.6) is 5.75 Å². The average Bonchev–Trinajstić information content (AvgIpc) is 2.09. The summed E-state index contributed by atoms with van der Waals surface area (Å²) in [4.78, 5) is 10.5. The van der Waals surface area contributed by atoms with Crippen LogP contribution in [-0.4, -0.2) is 17.2 Å². The molecule has 0 heterocycles. The van der Waals surface area contributed by atoms with Crippen LogP contribution in [0.25, 0.3) is 0 Å². The lowest BCUT2D eigenvalue weighted by Gasteiger charge is -2.12. The molecule has 4 heteroatoms. The number of rotatable bonds is 3. The van der Waals surface area contributed by atoms with E-state index in [2.05, 4.69) is 15.9 Å². The standard InChI is InChI=1S/C10H11BrO3/c1-6-5-8(11)3-4-9(6)14-7(2)10(12)13/h3-5,7H,1-2H3,(H,12,13)/t7-/m1/s1. The second-order valence-electron chi connectivity index (χ2n) is 3.01. The van der Waals surface area contributed by atoms with Crippen molar-refractivity contribution in [1.29, 1.82) is 0 Å². The van der Waals surface area contributed by atoms with E-state index in [0.29, 0.717) is 5.75 Å². The SMILES string of the molecule is Cc1cc(Br)ccc1O[C@H](C)C(=O)O. The first kappa shape index (κ1) is 11.0. The van der Waals surface area contributed by atoms with Crippen molar-refractivity contribution in [2.24, 2.45) is 0 Å². The van der Waals surface area contributed by atoms with Gasteiger partial charge in [-0.2, -0.15) is 0 Å². The van der Waals surface area contributed by atoms with Crippen LogP contribution in [0, 0.1) is 6.92 Å². The topological polar surface area (TPSA) is 46.5 Å². The molecule has 0 fully saturated rings. The Morgan fingerprint density at radius 1 is 1.57 bits per heavy atom. The van der Waals surface area contributed by atoms with Gasteiger partial charge in [-0.15, -0.1) is 0 Å². The summed E-state index contributed by atoms with van der Waals surface area (Å²) in [6.07, 6.45) is -0.824. The molecule has 0 aliphatic heterocycles. The van der Waals surface area contributed by atoms with E-state index in [0.717, 1.165) is 10.0 Å². The van der Waals surface area contributed by atoms with Crippen molar-refractivity contribution in [2.45, 2.75) is 20.0 Å². The number of carbonyl (C=O) groups is 1. The number of aliphatic carboxylic acids is 1. The van der Waals surface area contributed by atoms with Crippen LogP contribution >= 0.6 is 15.9 Å². The highest BCUT2D eigenvalue weighted by atomic mass is 79.9. The molecule has 0 unspecified atom stereocenters. The fourth-order valence-electron chi connectivity index (χ4n) is 0.986. The zero-order valence-electron chi connectivity index (χ0n) is 7.95. The molecule has 0 saturated carbocycles. The van der Waals surface area contributed by atoms with Gasteiger partial charge in [-0.3, -0.25) is 0 Å². The summed E-state index contributed by atoms with van der Waals surface area (Å²) < 4.78 is 6.19. The molecule has 0 bridgehead atoms. The van der Waals surface area contributed by atoms with Gasteiger partial charge in [0.25, 0.3) is 0 Å². The summed E-state index contributed by atoms with van der Waals surface area (Å²) >= 11 is 3.32. The lowest BCUT2D eigenvalue weighted by molar-refractivity contribution is -0.144. The summed E-state index contributed by atoms with van der Waals surface area (Å²) in [7, 11) is 0. The van der Waals surface area contributed by atoms with Crippen LogP contribution in [0.2, 0.25) is 0 Å². The smallest absolute Gasteiger partial charge is 0.344 e. The Hall–Kier alpha value is -1.03. The van der Waals surface area contributed by atoms with Crippen molar-refractivity contribution in [1.82, 2.24) is 0 Å². The summed E-state index contributed by atoms with van der Waals surface area (Å²) in [6, 6.07) is 5.44. The van der Waals surface area contributed by atoms with Crippen LogP contribution in [0.15, 0.2) is 22.7 Å². The molecular formula is C10H11BrO3. The van der Waals surface area contributed by atoms with Crippen LogP contribution in [-0.2, 0) is 4.79 Å². The predicted molar refractivity (Wildman–Crippen MR) is 56.6 cm³/mol. The number of halogens is 1. The molecule has 0 aromatic heterocycles. The number of carboxylic acids is 1. The van der Waals surface area contributed by atoms with Gasteiger partial charge in [0.2, 0.25) is 0 Å². The second kappa shape index (κ2) is 4.46. The van der Waals surface area contributed by atoms with E-state index in [9.17, 15) is 4.79 Å². The van der Waals surface area contributed by atoms with Gasteiger partial charge in [0, 0.05) is 4.47 Å². The number of carboxylic acid groups (broad SMARTS) is 1. The Bertz CT molecular complexity index is 349. The Balaban J connectivity index is 2.82.